The van der Waals surface area contributed by atoms with E-state index in [0.29, 0.717) is 17.7 Å². The van der Waals surface area contributed by atoms with Gasteiger partial charge in [-0.2, -0.15) is 0 Å². The zero-order chi connectivity index (χ0) is 24.4. The number of H-pyrrole nitrogens is 1. The largest absolute Gasteiger partial charge is 0.329 e. The maximum Gasteiger partial charge on any atom is 0.329 e. The van der Waals surface area contributed by atoms with Crippen molar-refractivity contribution in [1.82, 2.24) is 20.0 Å². The molecule has 0 saturated carbocycles. The van der Waals surface area contributed by atoms with Crippen molar-refractivity contribution in [2.45, 2.75) is 34.1 Å². The number of rotatable bonds is 6. The van der Waals surface area contributed by atoms with Gasteiger partial charge in [0.15, 0.2) is 0 Å². The first-order valence-electron chi connectivity index (χ1n) is 11.2. The molecule has 1 saturated heterocycles. The van der Waals surface area contributed by atoms with E-state index in [1.54, 1.807) is 0 Å². The second-order valence-corrected chi connectivity index (χ2v) is 8.72. The van der Waals surface area contributed by atoms with Crippen LogP contribution in [-0.4, -0.2) is 33.2 Å². The van der Waals surface area contributed by atoms with Gasteiger partial charge in [-0.15, -0.1) is 0 Å². The van der Waals surface area contributed by atoms with Gasteiger partial charge >= 0.3 is 6.03 Å². The van der Waals surface area contributed by atoms with Crippen molar-refractivity contribution < 1.29 is 9.59 Å². The van der Waals surface area contributed by atoms with Crippen molar-refractivity contribution in [2.24, 2.45) is 0 Å². The number of carbonyl (C=O) groups is 2. The summed E-state index contributed by atoms with van der Waals surface area (Å²) in [4.78, 5) is 40.0. The number of aromatic nitrogens is 2. The van der Waals surface area contributed by atoms with E-state index in [4.69, 9.17) is 0 Å². The van der Waals surface area contributed by atoms with E-state index in [9.17, 15) is 14.4 Å². The van der Waals surface area contributed by atoms with Crippen LogP contribution in [0.25, 0.3) is 11.8 Å². The van der Waals surface area contributed by atoms with E-state index >= 15 is 0 Å². The Labute approximate surface area is 198 Å². The minimum atomic E-state index is -0.496. The van der Waals surface area contributed by atoms with Gasteiger partial charge in [0.25, 0.3) is 11.5 Å². The van der Waals surface area contributed by atoms with Gasteiger partial charge in [-0.1, -0.05) is 54.1 Å². The van der Waals surface area contributed by atoms with Crippen LogP contribution in [-0.2, 0) is 11.2 Å². The normalized spacial score (nSPS) is 14.6. The van der Waals surface area contributed by atoms with Crippen molar-refractivity contribution in [3.63, 3.8) is 0 Å². The number of para-hydroxylation sites is 1. The molecule has 0 spiro atoms. The SMILES string of the molecule is CC(C)=CCN1C(=O)NC(=Cc2c(Cc3ccccc3C)[nH]n(-c3ccccc3C)c2=O)C1=O. The zero-order valence-corrected chi connectivity index (χ0v) is 19.8. The van der Waals surface area contributed by atoms with E-state index in [1.807, 2.05) is 82.3 Å². The number of urea groups is 1. The molecule has 1 fully saturated rings. The van der Waals surface area contributed by atoms with E-state index in [-0.39, 0.29) is 17.8 Å². The van der Waals surface area contributed by atoms with Crippen molar-refractivity contribution >= 4 is 18.0 Å². The van der Waals surface area contributed by atoms with Gasteiger partial charge < -0.3 is 5.32 Å². The van der Waals surface area contributed by atoms with Crippen molar-refractivity contribution in [1.29, 1.82) is 0 Å². The molecule has 0 radical (unpaired) electrons. The van der Waals surface area contributed by atoms with E-state index < -0.39 is 11.9 Å². The zero-order valence-electron chi connectivity index (χ0n) is 19.8. The molecule has 2 aromatic carbocycles. The predicted octanol–water partition coefficient (Wildman–Crippen LogP) is 4.23. The quantitative estimate of drug-likeness (QED) is 0.331. The van der Waals surface area contributed by atoms with E-state index in [0.717, 1.165) is 32.9 Å². The minimum absolute atomic E-state index is 0.0891. The summed E-state index contributed by atoms with van der Waals surface area (Å²) >= 11 is 0. The molecule has 3 amide bonds. The van der Waals surface area contributed by atoms with Crippen molar-refractivity contribution in [3.8, 4) is 5.69 Å². The molecule has 2 N–H and O–H groups in total. The molecule has 1 aliphatic rings. The number of nitrogens with zero attached hydrogens (tertiary/aromatic N) is 2. The van der Waals surface area contributed by atoms with Crippen LogP contribution in [0.3, 0.4) is 0 Å². The van der Waals surface area contributed by atoms with Crippen molar-refractivity contribution in [2.75, 3.05) is 6.54 Å². The van der Waals surface area contributed by atoms with Crippen LogP contribution in [0.4, 0.5) is 4.79 Å². The standard InChI is InChI=1S/C27H28N4O3/c1-17(2)13-14-30-26(33)23(28-27(30)34)16-21-22(15-20-11-7-5-9-18(20)3)29-31(25(21)32)24-12-8-6-10-19(24)4/h5-13,16,29H,14-15H2,1-4H3,(H,28,34). The highest BCUT2D eigenvalue weighted by molar-refractivity contribution is 6.14. The molecule has 0 atom stereocenters. The fourth-order valence-corrected chi connectivity index (χ4v) is 3.92. The Balaban J connectivity index is 1.81. The Bertz CT molecular complexity index is 1390. The first-order chi connectivity index (χ1) is 16.3. The van der Waals surface area contributed by atoms with Crippen LogP contribution in [0.5, 0.6) is 0 Å². The van der Waals surface area contributed by atoms with Crippen LogP contribution in [0.1, 0.15) is 41.8 Å². The lowest BCUT2D eigenvalue weighted by molar-refractivity contribution is -0.122. The molecule has 0 bridgehead atoms. The highest BCUT2D eigenvalue weighted by Crippen LogP contribution is 2.20. The van der Waals surface area contributed by atoms with Gasteiger partial charge in [0.05, 0.1) is 11.3 Å². The Morgan fingerprint density at radius 3 is 2.29 bits per heavy atom. The average Bonchev–Trinajstić information content (AvgIpc) is 3.24. The van der Waals surface area contributed by atoms with E-state index in [2.05, 4.69) is 10.4 Å². The number of benzene rings is 2. The number of aryl methyl sites for hydroxylation is 2. The minimum Gasteiger partial charge on any atom is -0.303 e. The molecule has 7 nitrogen and oxygen atoms in total. The summed E-state index contributed by atoms with van der Waals surface area (Å²) in [5, 5.41) is 5.87. The molecule has 1 aliphatic heterocycles. The van der Waals surface area contributed by atoms with Gasteiger partial charge in [-0.05, 0) is 56.5 Å². The number of aromatic amines is 1. The first kappa shape index (κ1) is 23.0. The predicted molar refractivity (Wildman–Crippen MR) is 133 cm³/mol. The number of hydrogen-bond donors (Lipinski definition) is 2. The lowest BCUT2D eigenvalue weighted by Gasteiger charge is -2.08. The Morgan fingerprint density at radius 2 is 1.62 bits per heavy atom. The van der Waals surface area contributed by atoms with Crippen LogP contribution in [0.2, 0.25) is 0 Å². The van der Waals surface area contributed by atoms with Gasteiger partial charge in [0.1, 0.15) is 5.70 Å². The fourth-order valence-electron chi connectivity index (χ4n) is 3.92. The smallest absolute Gasteiger partial charge is 0.303 e. The third-order valence-corrected chi connectivity index (χ3v) is 5.92. The van der Waals surface area contributed by atoms with Gasteiger partial charge in [0.2, 0.25) is 0 Å². The monoisotopic (exact) mass is 456 g/mol. The molecule has 0 unspecified atom stereocenters. The molecule has 2 heterocycles. The maximum atomic E-state index is 13.5. The highest BCUT2D eigenvalue weighted by atomic mass is 16.2. The molecular formula is C27H28N4O3. The summed E-state index contributed by atoms with van der Waals surface area (Å²) in [5.74, 6) is -0.451. The van der Waals surface area contributed by atoms with Gasteiger partial charge in [-0.3, -0.25) is 19.6 Å². The molecule has 7 heteroatoms. The number of amides is 3. The van der Waals surface area contributed by atoms with Gasteiger partial charge in [0, 0.05) is 18.7 Å². The molecule has 0 aliphatic carbocycles. The lowest BCUT2D eigenvalue weighted by Crippen LogP contribution is -2.31. The Kier molecular flexibility index (Phi) is 6.36. The summed E-state index contributed by atoms with van der Waals surface area (Å²) in [7, 11) is 0. The molecule has 1 aromatic heterocycles. The average molecular weight is 457 g/mol. The van der Waals surface area contributed by atoms with E-state index in [1.165, 1.54) is 10.8 Å². The summed E-state index contributed by atoms with van der Waals surface area (Å²) in [6.45, 7) is 7.94. The Hall–Kier alpha value is -4.13. The molecular weight excluding hydrogens is 428 g/mol. The number of hydrogen-bond acceptors (Lipinski definition) is 3. The molecule has 174 valence electrons. The summed E-state index contributed by atoms with van der Waals surface area (Å²) in [5.41, 5.74) is 5.66. The van der Waals surface area contributed by atoms with Crippen LogP contribution < -0.4 is 10.9 Å². The molecule has 34 heavy (non-hydrogen) atoms. The summed E-state index contributed by atoms with van der Waals surface area (Å²) in [6, 6.07) is 15.0. The molecule has 4 rings (SSSR count). The number of carbonyl (C=O) groups excluding carboxylic acids is 2. The van der Waals surface area contributed by atoms with Crippen LogP contribution in [0, 0.1) is 13.8 Å². The van der Waals surface area contributed by atoms with Crippen molar-refractivity contribution in [3.05, 3.63) is 104 Å². The first-order valence-corrected chi connectivity index (χ1v) is 11.2. The summed E-state index contributed by atoms with van der Waals surface area (Å²) in [6.07, 6.45) is 3.78. The number of allylic oxidation sites excluding steroid dienone is 1. The third kappa shape index (κ3) is 4.50. The van der Waals surface area contributed by atoms with Crippen LogP contribution in [0.15, 0.2) is 70.7 Å². The maximum absolute atomic E-state index is 13.5. The lowest BCUT2D eigenvalue weighted by atomic mass is 10.0. The Morgan fingerprint density at radius 1 is 0.941 bits per heavy atom. The number of nitrogens with one attached hydrogen (secondary N) is 2. The second-order valence-electron chi connectivity index (χ2n) is 8.72. The third-order valence-electron chi connectivity index (χ3n) is 5.92. The van der Waals surface area contributed by atoms with Gasteiger partial charge in [-0.25, -0.2) is 9.48 Å². The summed E-state index contributed by atoms with van der Waals surface area (Å²) < 4.78 is 1.50. The highest BCUT2D eigenvalue weighted by Gasteiger charge is 2.33. The number of imide groups is 1. The molecule has 3 aromatic rings. The second kappa shape index (κ2) is 9.39. The fraction of sp³-hybridized carbons (Fsp3) is 0.222. The topological polar surface area (TPSA) is 87.2 Å². The van der Waals surface area contributed by atoms with Crippen LogP contribution >= 0.6 is 0 Å².